The molecule has 4 heteroatoms. The van der Waals surface area contributed by atoms with Gasteiger partial charge in [-0.05, 0) is 36.2 Å². The number of nitrogens with zero attached hydrogens (tertiary/aromatic N) is 1. The van der Waals surface area contributed by atoms with E-state index in [0.717, 1.165) is 24.5 Å². The third kappa shape index (κ3) is 2.46. The summed E-state index contributed by atoms with van der Waals surface area (Å²) in [5.41, 5.74) is 3.47. The Bertz CT molecular complexity index is 400. The number of hydrogen-bond acceptors (Lipinski definition) is 4. The smallest absolute Gasteiger partial charge is 0.138 e. The van der Waals surface area contributed by atoms with E-state index in [-0.39, 0.29) is 0 Å². The van der Waals surface area contributed by atoms with Gasteiger partial charge in [0.1, 0.15) is 5.76 Å². The Kier molecular flexibility index (Phi) is 3.18. The highest BCUT2D eigenvalue weighted by Crippen LogP contribution is 2.12. The van der Waals surface area contributed by atoms with Crippen LogP contribution in [0.2, 0.25) is 0 Å². The van der Waals surface area contributed by atoms with Crippen LogP contribution in [0.3, 0.4) is 0 Å². The van der Waals surface area contributed by atoms with Gasteiger partial charge in [0.2, 0.25) is 0 Å². The number of thiophene rings is 1. The molecule has 2 rings (SSSR count). The van der Waals surface area contributed by atoms with Gasteiger partial charge in [-0.25, -0.2) is 0 Å². The minimum atomic E-state index is 0.816. The molecule has 0 aliphatic carbocycles. The number of nitrogens with one attached hydrogen (secondary N) is 1. The Morgan fingerprint density at radius 1 is 1.40 bits per heavy atom. The molecule has 0 saturated carbocycles. The summed E-state index contributed by atoms with van der Waals surface area (Å²) in [7, 11) is 0. The topological polar surface area (TPSA) is 38.1 Å². The molecule has 2 aromatic heterocycles. The fourth-order valence-electron chi connectivity index (χ4n) is 1.48. The molecule has 0 aliphatic rings. The monoisotopic (exact) mass is 222 g/mol. The SMILES string of the molecule is Cc1noc(C)c1CNCc1ccsc1. The van der Waals surface area contributed by atoms with Gasteiger partial charge in [-0.3, -0.25) is 0 Å². The Morgan fingerprint density at radius 3 is 2.87 bits per heavy atom. The minimum Gasteiger partial charge on any atom is -0.361 e. The third-order valence-corrected chi connectivity index (χ3v) is 3.12. The van der Waals surface area contributed by atoms with Gasteiger partial charge in [-0.15, -0.1) is 0 Å². The normalized spacial score (nSPS) is 10.8. The lowest BCUT2D eigenvalue weighted by Gasteiger charge is -2.02. The van der Waals surface area contributed by atoms with E-state index in [1.54, 1.807) is 11.3 Å². The summed E-state index contributed by atoms with van der Waals surface area (Å²) in [6.45, 7) is 5.63. The summed E-state index contributed by atoms with van der Waals surface area (Å²) in [6.07, 6.45) is 0. The van der Waals surface area contributed by atoms with Gasteiger partial charge < -0.3 is 9.84 Å². The van der Waals surface area contributed by atoms with Crippen LogP contribution in [-0.4, -0.2) is 5.16 Å². The van der Waals surface area contributed by atoms with Crippen LogP contribution in [0.1, 0.15) is 22.6 Å². The number of aromatic nitrogens is 1. The molecule has 15 heavy (non-hydrogen) atoms. The van der Waals surface area contributed by atoms with Crippen molar-refractivity contribution in [3.8, 4) is 0 Å². The molecule has 1 N–H and O–H groups in total. The van der Waals surface area contributed by atoms with Gasteiger partial charge >= 0.3 is 0 Å². The second-order valence-corrected chi connectivity index (χ2v) is 4.32. The van der Waals surface area contributed by atoms with Crippen LogP contribution in [0.4, 0.5) is 0 Å². The van der Waals surface area contributed by atoms with Gasteiger partial charge in [0.05, 0.1) is 5.69 Å². The van der Waals surface area contributed by atoms with Crippen molar-refractivity contribution in [1.82, 2.24) is 10.5 Å². The molecule has 0 atom stereocenters. The largest absolute Gasteiger partial charge is 0.361 e. The average Bonchev–Trinajstić information content (AvgIpc) is 2.82. The summed E-state index contributed by atoms with van der Waals surface area (Å²) in [6, 6.07) is 2.13. The molecule has 0 saturated heterocycles. The molecule has 0 unspecified atom stereocenters. The van der Waals surface area contributed by atoms with Crippen LogP contribution in [0.15, 0.2) is 21.3 Å². The van der Waals surface area contributed by atoms with Crippen LogP contribution in [-0.2, 0) is 13.1 Å². The van der Waals surface area contributed by atoms with Gasteiger partial charge in [-0.1, -0.05) is 5.16 Å². The van der Waals surface area contributed by atoms with Gasteiger partial charge in [0, 0.05) is 18.7 Å². The summed E-state index contributed by atoms with van der Waals surface area (Å²) in [5, 5.41) is 11.5. The van der Waals surface area contributed by atoms with E-state index in [1.165, 1.54) is 11.1 Å². The van der Waals surface area contributed by atoms with Crippen molar-refractivity contribution < 1.29 is 4.52 Å². The first kappa shape index (κ1) is 10.4. The second kappa shape index (κ2) is 4.59. The first-order chi connectivity index (χ1) is 7.27. The lowest BCUT2D eigenvalue weighted by atomic mass is 10.2. The summed E-state index contributed by atoms with van der Waals surface area (Å²) < 4.78 is 5.10. The molecular formula is C11H14N2OS. The summed E-state index contributed by atoms with van der Waals surface area (Å²) >= 11 is 1.72. The van der Waals surface area contributed by atoms with Crippen molar-refractivity contribution in [1.29, 1.82) is 0 Å². The Morgan fingerprint density at radius 2 is 2.27 bits per heavy atom. The van der Waals surface area contributed by atoms with Crippen molar-refractivity contribution in [2.75, 3.05) is 0 Å². The van der Waals surface area contributed by atoms with Crippen LogP contribution in [0.25, 0.3) is 0 Å². The summed E-state index contributed by atoms with van der Waals surface area (Å²) in [4.78, 5) is 0. The van der Waals surface area contributed by atoms with E-state index in [9.17, 15) is 0 Å². The van der Waals surface area contributed by atoms with Gasteiger partial charge in [0.25, 0.3) is 0 Å². The quantitative estimate of drug-likeness (QED) is 0.864. The van der Waals surface area contributed by atoms with Gasteiger partial charge in [-0.2, -0.15) is 11.3 Å². The highest BCUT2D eigenvalue weighted by Gasteiger charge is 2.07. The van der Waals surface area contributed by atoms with E-state index in [0.29, 0.717) is 0 Å². The standard InChI is InChI=1S/C11H14N2OS/c1-8-11(9(2)14-13-8)6-12-5-10-3-4-15-7-10/h3-4,7,12H,5-6H2,1-2H3. The van der Waals surface area contributed by atoms with E-state index in [2.05, 4.69) is 27.3 Å². The van der Waals surface area contributed by atoms with E-state index in [4.69, 9.17) is 4.52 Å². The lowest BCUT2D eigenvalue weighted by molar-refractivity contribution is 0.392. The molecule has 0 fully saturated rings. The highest BCUT2D eigenvalue weighted by molar-refractivity contribution is 7.07. The van der Waals surface area contributed by atoms with E-state index in [1.807, 2.05) is 13.8 Å². The molecule has 0 aromatic carbocycles. The second-order valence-electron chi connectivity index (χ2n) is 3.54. The van der Waals surface area contributed by atoms with Crippen LogP contribution in [0, 0.1) is 13.8 Å². The zero-order valence-corrected chi connectivity index (χ0v) is 9.73. The van der Waals surface area contributed by atoms with Crippen LogP contribution < -0.4 is 5.32 Å². The first-order valence-corrected chi connectivity index (χ1v) is 5.85. The molecule has 0 bridgehead atoms. The van der Waals surface area contributed by atoms with Crippen molar-refractivity contribution in [3.05, 3.63) is 39.4 Å². The third-order valence-electron chi connectivity index (χ3n) is 2.39. The number of hydrogen-bond donors (Lipinski definition) is 1. The van der Waals surface area contributed by atoms with Crippen molar-refractivity contribution in [2.24, 2.45) is 0 Å². The molecule has 80 valence electrons. The molecule has 0 radical (unpaired) electrons. The average molecular weight is 222 g/mol. The molecule has 3 nitrogen and oxygen atoms in total. The number of aryl methyl sites for hydroxylation is 2. The van der Waals surface area contributed by atoms with Crippen molar-refractivity contribution >= 4 is 11.3 Å². The van der Waals surface area contributed by atoms with Gasteiger partial charge in [0.15, 0.2) is 0 Å². The van der Waals surface area contributed by atoms with E-state index >= 15 is 0 Å². The Balaban J connectivity index is 1.89. The van der Waals surface area contributed by atoms with Crippen LogP contribution >= 0.6 is 11.3 Å². The maximum Gasteiger partial charge on any atom is 0.138 e. The Labute approximate surface area is 93.1 Å². The van der Waals surface area contributed by atoms with Crippen molar-refractivity contribution in [3.63, 3.8) is 0 Å². The fraction of sp³-hybridized carbons (Fsp3) is 0.364. The molecule has 0 amide bonds. The molecule has 0 aliphatic heterocycles. The maximum absolute atomic E-state index is 5.10. The van der Waals surface area contributed by atoms with Crippen LogP contribution in [0.5, 0.6) is 0 Å². The summed E-state index contributed by atoms with van der Waals surface area (Å²) in [5.74, 6) is 0.908. The minimum absolute atomic E-state index is 0.816. The molecular weight excluding hydrogens is 208 g/mol. The predicted octanol–water partition coefficient (Wildman–Crippen LogP) is 2.64. The Hall–Kier alpha value is -1.13. The molecule has 2 aromatic rings. The zero-order valence-electron chi connectivity index (χ0n) is 8.91. The first-order valence-electron chi connectivity index (χ1n) is 4.91. The molecule has 2 heterocycles. The lowest BCUT2D eigenvalue weighted by Crippen LogP contribution is -2.13. The maximum atomic E-state index is 5.10. The highest BCUT2D eigenvalue weighted by atomic mass is 32.1. The fourth-order valence-corrected chi connectivity index (χ4v) is 2.15. The predicted molar refractivity (Wildman–Crippen MR) is 60.8 cm³/mol. The van der Waals surface area contributed by atoms with Crippen molar-refractivity contribution in [2.45, 2.75) is 26.9 Å². The molecule has 0 spiro atoms. The van der Waals surface area contributed by atoms with E-state index < -0.39 is 0 Å². The number of rotatable bonds is 4. The zero-order chi connectivity index (χ0) is 10.7.